The van der Waals surface area contributed by atoms with Gasteiger partial charge in [-0.25, -0.2) is 19.9 Å². The number of nitrogens with two attached hydrogens (primary N) is 1. The molecule has 0 aliphatic carbocycles. The van der Waals surface area contributed by atoms with Gasteiger partial charge in [-0.15, -0.1) is 0 Å². The minimum atomic E-state index is 0.382. The first kappa shape index (κ1) is 19.2. The van der Waals surface area contributed by atoms with Crippen molar-refractivity contribution >= 4 is 22.8 Å². The van der Waals surface area contributed by atoms with E-state index in [9.17, 15) is 0 Å². The summed E-state index contributed by atoms with van der Waals surface area (Å²) < 4.78 is 1.98. The Hall–Kier alpha value is -4.77. The molecule has 4 aromatic heterocycles. The fourth-order valence-electron chi connectivity index (χ4n) is 3.50. The fourth-order valence-corrected chi connectivity index (χ4v) is 3.50. The van der Waals surface area contributed by atoms with Gasteiger partial charge in [0, 0.05) is 24.6 Å². The summed E-state index contributed by atoms with van der Waals surface area (Å²) in [6.45, 7) is 0.577. The van der Waals surface area contributed by atoms with E-state index in [-0.39, 0.29) is 0 Å². The summed E-state index contributed by atoms with van der Waals surface area (Å²) in [6.07, 6.45) is 3.41. The van der Waals surface area contributed by atoms with Gasteiger partial charge in [0.2, 0.25) is 0 Å². The number of nitrogens with one attached hydrogen (secondary N) is 1. The molecule has 0 aliphatic heterocycles. The average molecular weight is 418 g/mol. The summed E-state index contributed by atoms with van der Waals surface area (Å²) in [5, 5.41) is 12.2. The van der Waals surface area contributed by atoms with Crippen LogP contribution in [-0.2, 0) is 6.54 Å². The van der Waals surface area contributed by atoms with Crippen LogP contribution in [-0.4, -0.2) is 24.5 Å². The van der Waals surface area contributed by atoms with E-state index in [0.717, 1.165) is 28.0 Å². The summed E-state index contributed by atoms with van der Waals surface area (Å²) in [6, 6.07) is 23.0. The van der Waals surface area contributed by atoms with E-state index < -0.39 is 0 Å². The third-order valence-corrected chi connectivity index (χ3v) is 5.03. The lowest BCUT2D eigenvalue weighted by atomic mass is 10.2. The second-order valence-electron chi connectivity index (χ2n) is 7.09. The maximum absolute atomic E-state index is 9.00. The topological polar surface area (TPSA) is 118 Å². The summed E-state index contributed by atoms with van der Waals surface area (Å²) in [4.78, 5) is 17.8. The second kappa shape index (κ2) is 8.16. The van der Waals surface area contributed by atoms with E-state index in [1.807, 2.05) is 65.2 Å². The molecule has 5 rings (SSSR count). The number of hydrogen-bond acceptors (Lipinski definition) is 7. The molecule has 0 saturated carbocycles. The highest BCUT2D eigenvalue weighted by Gasteiger charge is 2.17. The van der Waals surface area contributed by atoms with E-state index in [1.54, 1.807) is 24.5 Å². The number of hydrogen-bond donors (Lipinski definition) is 2. The molecule has 4 heterocycles. The summed E-state index contributed by atoms with van der Waals surface area (Å²) >= 11 is 0. The summed E-state index contributed by atoms with van der Waals surface area (Å²) in [5.41, 5.74) is 10.8. The fraction of sp³-hybridized carbons (Fsp3) is 0.0417. The van der Waals surface area contributed by atoms with Crippen molar-refractivity contribution < 1.29 is 0 Å². The zero-order valence-corrected chi connectivity index (χ0v) is 17.0. The number of imidazole rings is 1. The molecular weight excluding hydrogens is 400 g/mol. The smallest absolute Gasteiger partial charge is 0.164 e. The molecule has 0 bridgehead atoms. The van der Waals surface area contributed by atoms with Gasteiger partial charge in [-0.2, -0.15) is 5.26 Å². The van der Waals surface area contributed by atoms with Gasteiger partial charge < -0.3 is 11.1 Å². The van der Waals surface area contributed by atoms with Gasteiger partial charge in [-0.05, 0) is 54.1 Å². The average Bonchev–Trinajstić information content (AvgIpc) is 3.23. The van der Waals surface area contributed by atoms with E-state index in [0.29, 0.717) is 29.7 Å². The van der Waals surface area contributed by atoms with Gasteiger partial charge in [0.15, 0.2) is 11.5 Å². The number of benzene rings is 1. The van der Waals surface area contributed by atoms with Gasteiger partial charge in [-0.3, -0.25) is 4.57 Å². The highest BCUT2D eigenvalue weighted by atomic mass is 15.1. The second-order valence-corrected chi connectivity index (χ2v) is 7.09. The van der Waals surface area contributed by atoms with Crippen LogP contribution in [0.1, 0.15) is 11.3 Å². The Morgan fingerprint density at radius 3 is 2.53 bits per heavy atom. The molecule has 32 heavy (non-hydrogen) atoms. The van der Waals surface area contributed by atoms with Crippen molar-refractivity contribution in [1.29, 1.82) is 5.26 Å². The van der Waals surface area contributed by atoms with Crippen LogP contribution < -0.4 is 11.1 Å². The molecule has 0 fully saturated rings. The predicted molar refractivity (Wildman–Crippen MR) is 123 cm³/mol. The van der Waals surface area contributed by atoms with Crippen LogP contribution >= 0.6 is 0 Å². The highest BCUT2D eigenvalue weighted by molar-refractivity contribution is 5.82. The number of pyridine rings is 3. The van der Waals surface area contributed by atoms with Crippen LogP contribution in [0.25, 0.3) is 28.2 Å². The normalized spacial score (nSPS) is 10.7. The summed E-state index contributed by atoms with van der Waals surface area (Å²) in [7, 11) is 0. The minimum Gasteiger partial charge on any atom is -0.383 e. The zero-order valence-electron chi connectivity index (χ0n) is 17.0. The number of anilines is 2. The number of nitriles is 1. The third-order valence-electron chi connectivity index (χ3n) is 5.03. The predicted octanol–water partition coefficient (Wildman–Crippen LogP) is 3.94. The molecule has 0 spiro atoms. The number of aromatic nitrogens is 5. The lowest BCUT2D eigenvalue weighted by Crippen LogP contribution is -2.04. The first-order valence-corrected chi connectivity index (χ1v) is 9.97. The van der Waals surface area contributed by atoms with Crippen LogP contribution in [0, 0.1) is 11.3 Å². The third kappa shape index (κ3) is 3.59. The Morgan fingerprint density at radius 1 is 0.906 bits per heavy atom. The van der Waals surface area contributed by atoms with Crippen LogP contribution in [0.4, 0.5) is 11.6 Å². The van der Waals surface area contributed by atoms with Gasteiger partial charge in [0.05, 0.1) is 5.56 Å². The zero-order chi connectivity index (χ0) is 21.9. The monoisotopic (exact) mass is 418 g/mol. The largest absolute Gasteiger partial charge is 0.383 e. The molecule has 0 amide bonds. The van der Waals surface area contributed by atoms with E-state index in [2.05, 4.69) is 20.3 Å². The molecule has 5 aromatic rings. The number of rotatable bonds is 5. The first-order chi connectivity index (χ1) is 15.7. The number of nitrogens with zero attached hydrogens (tertiary/aromatic N) is 6. The van der Waals surface area contributed by atoms with E-state index >= 15 is 0 Å². The van der Waals surface area contributed by atoms with Crippen molar-refractivity contribution in [3.05, 3.63) is 90.4 Å². The van der Waals surface area contributed by atoms with Crippen LogP contribution in [0.3, 0.4) is 0 Å². The van der Waals surface area contributed by atoms with Crippen molar-refractivity contribution in [2.45, 2.75) is 6.54 Å². The Balaban J connectivity index is 1.49. The quantitative estimate of drug-likeness (QED) is 0.444. The molecule has 3 N–H and O–H groups in total. The highest BCUT2D eigenvalue weighted by Crippen LogP contribution is 2.30. The lowest BCUT2D eigenvalue weighted by Gasteiger charge is -2.11. The van der Waals surface area contributed by atoms with E-state index in [4.69, 9.17) is 16.0 Å². The van der Waals surface area contributed by atoms with Crippen LogP contribution in [0.2, 0.25) is 0 Å². The molecular formula is C24H18N8. The molecule has 0 radical (unpaired) electrons. The van der Waals surface area contributed by atoms with Gasteiger partial charge in [0.1, 0.15) is 28.9 Å². The van der Waals surface area contributed by atoms with Gasteiger partial charge in [0.25, 0.3) is 0 Å². The summed E-state index contributed by atoms with van der Waals surface area (Å²) in [5.74, 6) is 1.76. The van der Waals surface area contributed by atoms with E-state index in [1.165, 1.54) is 0 Å². The van der Waals surface area contributed by atoms with Crippen molar-refractivity contribution in [1.82, 2.24) is 24.5 Å². The van der Waals surface area contributed by atoms with Gasteiger partial charge in [-0.1, -0.05) is 18.2 Å². The standard InChI is InChI=1S/C24H18N8/c25-14-17-4-1-7-21(30-17)29-15-16-8-10-18(11-9-16)32-23(19-5-2-12-27-22(19)26)31-20-6-3-13-28-24(20)32/h1-13H,15H2,(H2,26,27)(H,29,30). The molecule has 1 aromatic carbocycles. The molecule has 8 heteroatoms. The van der Waals surface area contributed by atoms with Crippen molar-refractivity contribution in [3.8, 4) is 23.1 Å². The van der Waals surface area contributed by atoms with Crippen molar-refractivity contribution in [2.24, 2.45) is 0 Å². The van der Waals surface area contributed by atoms with Crippen LogP contribution in [0.5, 0.6) is 0 Å². The molecule has 0 aliphatic rings. The number of fused-ring (bicyclic) bond motifs is 1. The number of nitrogen functional groups attached to an aromatic ring is 1. The SMILES string of the molecule is N#Cc1cccc(NCc2ccc(-n3c(-c4cccnc4N)nc4cccnc43)cc2)n1. The first-order valence-electron chi connectivity index (χ1n) is 9.97. The Morgan fingerprint density at radius 2 is 1.72 bits per heavy atom. The lowest BCUT2D eigenvalue weighted by molar-refractivity contribution is 1.06. The maximum atomic E-state index is 9.00. The molecule has 0 unspecified atom stereocenters. The molecule has 0 saturated heterocycles. The van der Waals surface area contributed by atoms with Gasteiger partial charge >= 0.3 is 0 Å². The Kier molecular flexibility index (Phi) is 4.90. The molecule has 8 nitrogen and oxygen atoms in total. The molecule has 0 atom stereocenters. The maximum Gasteiger partial charge on any atom is 0.164 e. The Bertz CT molecular complexity index is 1450. The Labute approximate surface area is 184 Å². The van der Waals surface area contributed by atoms with Crippen molar-refractivity contribution in [3.63, 3.8) is 0 Å². The van der Waals surface area contributed by atoms with Crippen molar-refractivity contribution in [2.75, 3.05) is 11.1 Å². The minimum absolute atomic E-state index is 0.382. The van der Waals surface area contributed by atoms with Crippen LogP contribution in [0.15, 0.2) is 79.1 Å². The molecule has 154 valence electrons.